The molecule has 98 valence electrons. The molecular weight excluding hydrogens is 210 g/mol. The quantitative estimate of drug-likeness (QED) is 0.788. The molecule has 0 radical (unpaired) electrons. The zero-order chi connectivity index (χ0) is 11.7. The molecule has 3 rings (SSSR count). The first-order valence-electron chi connectivity index (χ1n) is 7.56. The van der Waals surface area contributed by atoms with Gasteiger partial charge in [-0.1, -0.05) is 12.8 Å². The molecule has 2 atom stereocenters. The smallest absolute Gasteiger partial charge is 0.0498 e. The summed E-state index contributed by atoms with van der Waals surface area (Å²) in [5.41, 5.74) is 6.57. The van der Waals surface area contributed by atoms with Crippen LogP contribution >= 0.6 is 0 Å². The zero-order valence-electron chi connectivity index (χ0n) is 11.0. The molecule has 0 aromatic heterocycles. The van der Waals surface area contributed by atoms with Gasteiger partial charge in [0, 0.05) is 24.7 Å². The van der Waals surface area contributed by atoms with Gasteiger partial charge in [0.05, 0.1) is 0 Å². The predicted molar refractivity (Wildman–Crippen MR) is 71.0 cm³/mol. The Morgan fingerprint density at radius 2 is 1.71 bits per heavy atom. The summed E-state index contributed by atoms with van der Waals surface area (Å²) in [7, 11) is 0. The summed E-state index contributed by atoms with van der Waals surface area (Å²) in [6, 6.07) is 0.763. The fourth-order valence-electron chi connectivity index (χ4n) is 4.45. The molecule has 0 aromatic rings. The minimum absolute atomic E-state index is 0.334. The number of likely N-dealkylation sites (tertiary alicyclic amines) is 1. The van der Waals surface area contributed by atoms with Crippen molar-refractivity contribution in [2.24, 2.45) is 5.73 Å². The number of nitrogens with two attached hydrogens (primary N) is 1. The molecule has 3 heterocycles. The Morgan fingerprint density at radius 1 is 0.941 bits per heavy atom. The van der Waals surface area contributed by atoms with Gasteiger partial charge in [-0.2, -0.15) is 0 Å². The Kier molecular flexibility index (Phi) is 3.42. The van der Waals surface area contributed by atoms with E-state index in [0.717, 1.165) is 12.6 Å². The van der Waals surface area contributed by atoms with E-state index in [-0.39, 0.29) is 0 Å². The maximum absolute atomic E-state index is 6.24. The lowest BCUT2D eigenvalue weighted by molar-refractivity contribution is 0.0246. The average Bonchev–Trinajstić information content (AvgIpc) is 2.80. The molecule has 0 bridgehead atoms. The minimum Gasteiger partial charge on any atom is -0.329 e. The third-order valence-corrected chi connectivity index (χ3v) is 5.41. The highest BCUT2D eigenvalue weighted by atomic mass is 15.3. The largest absolute Gasteiger partial charge is 0.329 e. The summed E-state index contributed by atoms with van der Waals surface area (Å²) >= 11 is 0. The Morgan fingerprint density at radius 3 is 2.47 bits per heavy atom. The first kappa shape index (κ1) is 11.9. The third-order valence-electron chi connectivity index (χ3n) is 5.41. The first-order chi connectivity index (χ1) is 8.37. The van der Waals surface area contributed by atoms with Crippen LogP contribution in [0, 0.1) is 0 Å². The summed E-state index contributed by atoms with van der Waals surface area (Å²) in [4.78, 5) is 5.48. The van der Waals surface area contributed by atoms with Gasteiger partial charge in [0.1, 0.15) is 0 Å². The molecule has 3 nitrogen and oxygen atoms in total. The summed E-state index contributed by atoms with van der Waals surface area (Å²) < 4.78 is 0. The molecule has 2 N–H and O–H groups in total. The summed E-state index contributed by atoms with van der Waals surface area (Å²) in [6.45, 7) is 6.07. The van der Waals surface area contributed by atoms with E-state index in [2.05, 4.69) is 9.80 Å². The summed E-state index contributed by atoms with van der Waals surface area (Å²) in [6.07, 6.45) is 9.70. The molecule has 3 aliphatic heterocycles. The van der Waals surface area contributed by atoms with Crippen LogP contribution in [0.5, 0.6) is 0 Å². The second-order valence-electron chi connectivity index (χ2n) is 6.15. The monoisotopic (exact) mass is 237 g/mol. The lowest BCUT2D eigenvalue weighted by Crippen LogP contribution is -2.62. The van der Waals surface area contributed by atoms with E-state index in [1.165, 1.54) is 71.1 Å². The molecule has 0 amide bonds. The molecule has 2 unspecified atom stereocenters. The van der Waals surface area contributed by atoms with Gasteiger partial charge >= 0.3 is 0 Å². The van der Waals surface area contributed by atoms with E-state index >= 15 is 0 Å². The lowest BCUT2D eigenvalue weighted by Gasteiger charge is -2.49. The van der Waals surface area contributed by atoms with Crippen molar-refractivity contribution in [2.45, 2.75) is 56.5 Å². The van der Waals surface area contributed by atoms with E-state index in [1.54, 1.807) is 0 Å². The predicted octanol–water partition coefficient (Wildman–Crippen LogP) is 1.43. The molecule has 0 aromatic carbocycles. The van der Waals surface area contributed by atoms with Crippen molar-refractivity contribution in [1.82, 2.24) is 9.80 Å². The first-order valence-corrected chi connectivity index (χ1v) is 7.56. The van der Waals surface area contributed by atoms with Crippen molar-refractivity contribution in [3.63, 3.8) is 0 Å². The molecule has 0 aliphatic carbocycles. The van der Waals surface area contributed by atoms with Crippen molar-refractivity contribution in [1.29, 1.82) is 0 Å². The van der Waals surface area contributed by atoms with Crippen molar-refractivity contribution >= 4 is 0 Å². The van der Waals surface area contributed by atoms with Crippen LogP contribution in [0.4, 0.5) is 0 Å². The number of hydrogen-bond donors (Lipinski definition) is 1. The molecule has 3 heteroatoms. The molecule has 0 saturated carbocycles. The van der Waals surface area contributed by atoms with Crippen molar-refractivity contribution < 1.29 is 0 Å². The Balaban J connectivity index is 1.80. The molecular formula is C14H27N3. The Hall–Kier alpha value is -0.120. The van der Waals surface area contributed by atoms with Gasteiger partial charge in [0.15, 0.2) is 0 Å². The Bertz CT molecular complexity index is 262. The van der Waals surface area contributed by atoms with Gasteiger partial charge in [-0.3, -0.25) is 9.80 Å². The number of rotatable bonds is 2. The van der Waals surface area contributed by atoms with E-state index in [0.29, 0.717) is 5.54 Å². The van der Waals surface area contributed by atoms with E-state index < -0.39 is 0 Å². The normalized spacial score (nSPS) is 40.4. The Labute approximate surface area is 105 Å². The van der Waals surface area contributed by atoms with Gasteiger partial charge in [-0.15, -0.1) is 0 Å². The second kappa shape index (κ2) is 4.87. The third kappa shape index (κ3) is 1.92. The minimum atomic E-state index is 0.334. The summed E-state index contributed by atoms with van der Waals surface area (Å²) in [5.74, 6) is 0. The van der Waals surface area contributed by atoms with Crippen LogP contribution in [0.2, 0.25) is 0 Å². The van der Waals surface area contributed by atoms with Gasteiger partial charge < -0.3 is 5.73 Å². The maximum atomic E-state index is 6.24. The van der Waals surface area contributed by atoms with Crippen molar-refractivity contribution in [2.75, 3.05) is 32.7 Å². The van der Waals surface area contributed by atoms with E-state index in [9.17, 15) is 0 Å². The number of piperidine rings is 2. The highest BCUT2D eigenvalue weighted by molar-refractivity contribution is 5.09. The molecule has 3 saturated heterocycles. The number of fused-ring (bicyclic) bond motifs is 1. The van der Waals surface area contributed by atoms with E-state index in [4.69, 9.17) is 5.73 Å². The van der Waals surface area contributed by atoms with Crippen LogP contribution in [0.1, 0.15) is 44.9 Å². The van der Waals surface area contributed by atoms with E-state index in [1.807, 2.05) is 0 Å². The fraction of sp³-hybridized carbons (Fsp3) is 1.00. The zero-order valence-corrected chi connectivity index (χ0v) is 11.0. The van der Waals surface area contributed by atoms with Crippen LogP contribution in [-0.2, 0) is 0 Å². The number of nitrogens with zero attached hydrogens (tertiary/aromatic N) is 2. The van der Waals surface area contributed by atoms with Crippen LogP contribution in [0.3, 0.4) is 0 Å². The molecule has 17 heavy (non-hydrogen) atoms. The van der Waals surface area contributed by atoms with Crippen LogP contribution in [-0.4, -0.2) is 54.1 Å². The number of hydrogen-bond acceptors (Lipinski definition) is 3. The highest BCUT2D eigenvalue weighted by Gasteiger charge is 2.50. The van der Waals surface area contributed by atoms with Crippen molar-refractivity contribution in [3.8, 4) is 0 Å². The highest BCUT2D eigenvalue weighted by Crippen LogP contribution is 2.39. The SMILES string of the molecule is NCC1(N2CCCCC2)CCN2CCCCC21. The maximum Gasteiger partial charge on any atom is 0.0498 e. The van der Waals surface area contributed by atoms with Gasteiger partial charge in [-0.25, -0.2) is 0 Å². The second-order valence-corrected chi connectivity index (χ2v) is 6.15. The molecule has 0 spiro atoms. The van der Waals surface area contributed by atoms with Crippen LogP contribution in [0.15, 0.2) is 0 Å². The topological polar surface area (TPSA) is 32.5 Å². The van der Waals surface area contributed by atoms with Crippen molar-refractivity contribution in [3.05, 3.63) is 0 Å². The molecule has 3 fully saturated rings. The summed E-state index contributed by atoms with van der Waals surface area (Å²) in [5, 5.41) is 0. The van der Waals surface area contributed by atoms with Gasteiger partial charge in [0.25, 0.3) is 0 Å². The van der Waals surface area contributed by atoms with Gasteiger partial charge in [-0.05, 0) is 51.7 Å². The standard InChI is InChI=1S/C14H27N3/c15-12-14(17-9-3-1-4-10-17)7-11-16-8-5-2-6-13(14)16/h13H,1-12,15H2. The molecule has 3 aliphatic rings. The average molecular weight is 237 g/mol. The lowest BCUT2D eigenvalue weighted by atomic mass is 9.82. The van der Waals surface area contributed by atoms with Gasteiger partial charge in [0.2, 0.25) is 0 Å². The van der Waals surface area contributed by atoms with Crippen LogP contribution < -0.4 is 5.73 Å². The fourth-order valence-corrected chi connectivity index (χ4v) is 4.45. The van der Waals surface area contributed by atoms with Crippen LogP contribution in [0.25, 0.3) is 0 Å².